The van der Waals surface area contributed by atoms with Crippen LogP contribution in [0.1, 0.15) is 24.8 Å². The first-order valence-corrected chi connectivity index (χ1v) is 5.86. The molecule has 1 saturated carbocycles. The summed E-state index contributed by atoms with van der Waals surface area (Å²) >= 11 is 5.77. The fourth-order valence-corrected chi connectivity index (χ4v) is 2.04. The van der Waals surface area contributed by atoms with Gasteiger partial charge in [0.25, 0.3) is 0 Å². The van der Waals surface area contributed by atoms with Crippen LogP contribution in [0, 0.1) is 12.3 Å². The second-order valence-electron chi connectivity index (χ2n) is 4.38. The van der Waals surface area contributed by atoms with Crippen LogP contribution in [0.25, 0.3) is 0 Å². The van der Waals surface area contributed by atoms with Crippen molar-refractivity contribution in [2.45, 2.75) is 26.2 Å². The molecular weight excluding hydrogens is 210 g/mol. The van der Waals surface area contributed by atoms with Gasteiger partial charge in [0, 0.05) is 24.8 Å². The lowest BCUT2D eigenvalue weighted by Gasteiger charge is -2.13. The van der Waals surface area contributed by atoms with E-state index in [-0.39, 0.29) is 0 Å². The van der Waals surface area contributed by atoms with Crippen molar-refractivity contribution in [2.75, 3.05) is 17.7 Å². The minimum absolute atomic E-state index is 0.427. The summed E-state index contributed by atoms with van der Waals surface area (Å²) in [6, 6.07) is 0. The van der Waals surface area contributed by atoms with Gasteiger partial charge in [0.2, 0.25) is 5.95 Å². The van der Waals surface area contributed by atoms with E-state index in [1.54, 1.807) is 0 Å². The summed E-state index contributed by atoms with van der Waals surface area (Å²) < 4.78 is 0. The second kappa shape index (κ2) is 4.35. The van der Waals surface area contributed by atoms with E-state index in [1.807, 2.05) is 19.3 Å². The normalized spacial score (nSPS) is 17.5. The molecule has 1 N–H and O–H groups in total. The number of halogens is 1. The second-order valence-corrected chi connectivity index (χ2v) is 4.75. The summed E-state index contributed by atoms with van der Waals surface area (Å²) in [6.45, 7) is 2.93. The van der Waals surface area contributed by atoms with Crippen molar-refractivity contribution < 1.29 is 0 Å². The molecule has 0 aliphatic heterocycles. The lowest BCUT2D eigenvalue weighted by molar-refractivity contribution is 0.523. The lowest BCUT2D eigenvalue weighted by Crippen LogP contribution is -2.17. The average Bonchev–Trinajstić information content (AvgIpc) is 2.99. The third-order valence-corrected chi connectivity index (χ3v) is 3.17. The van der Waals surface area contributed by atoms with Crippen molar-refractivity contribution in [1.82, 2.24) is 9.97 Å². The number of hydrogen-bond acceptors (Lipinski definition) is 3. The first-order valence-electron chi connectivity index (χ1n) is 5.33. The van der Waals surface area contributed by atoms with Crippen molar-refractivity contribution in [2.24, 2.45) is 5.41 Å². The summed E-state index contributed by atoms with van der Waals surface area (Å²) in [4.78, 5) is 8.43. The van der Waals surface area contributed by atoms with Crippen molar-refractivity contribution in [3.63, 3.8) is 0 Å². The maximum Gasteiger partial charge on any atom is 0.222 e. The molecule has 1 heterocycles. The molecule has 4 heteroatoms. The largest absolute Gasteiger partial charge is 0.354 e. The molecule has 0 saturated heterocycles. The molecule has 0 radical (unpaired) electrons. The number of rotatable bonds is 5. The Hall–Kier alpha value is -0.830. The van der Waals surface area contributed by atoms with Crippen LogP contribution in [0.4, 0.5) is 5.95 Å². The van der Waals surface area contributed by atoms with Crippen LogP contribution in [0.3, 0.4) is 0 Å². The van der Waals surface area contributed by atoms with Gasteiger partial charge in [0.1, 0.15) is 0 Å². The first kappa shape index (κ1) is 10.7. The SMILES string of the molecule is Cc1cnc(NCC2(CCCl)CC2)nc1. The minimum atomic E-state index is 0.427. The Kier molecular flexibility index (Phi) is 3.10. The van der Waals surface area contributed by atoms with Crippen molar-refractivity contribution >= 4 is 17.5 Å². The molecule has 2 rings (SSSR count). The van der Waals surface area contributed by atoms with Crippen LogP contribution < -0.4 is 5.32 Å². The third-order valence-electron chi connectivity index (χ3n) is 2.98. The number of nitrogens with one attached hydrogen (secondary N) is 1. The van der Waals surface area contributed by atoms with E-state index in [0.717, 1.165) is 30.4 Å². The van der Waals surface area contributed by atoms with Gasteiger partial charge < -0.3 is 5.32 Å². The van der Waals surface area contributed by atoms with E-state index < -0.39 is 0 Å². The Balaban J connectivity index is 1.85. The molecule has 0 spiro atoms. The molecule has 0 unspecified atom stereocenters. The quantitative estimate of drug-likeness (QED) is 0.783. The zero-order valence-electron chi connectivity index (χ0n) is 8.96. The van der Waals surface area contributed by atoms with Gasteiger partial charge in [0.15, 0.2) is 0 Å². The van der Waals surface area contributed by atoms with E-state index in [0.29, 0.717) is 5.41 Å². The Morgan fingerprint density at radius 3 is 2.60 bits per heavy atom. The smallest absolute Gasteiger partial charge is 0.222 e. The van der Waals surface area contributed by atoms with Gasteiger partial charge in [-0.05, 0) is 37.2 Å². The molecule has 82 valence electrons. The Morgan fingerprint density at radius 1 is 1.40 bits per heavy atom. The van der Waals surface area contributed by atoms with Gasteiger partial charge >= 0.3 is 0 Å². The van der Waals surface area contributed by atoms with Crippen molar-refractivity contribution in [1.29, 1.82) is 0 Å². The van der Waals surface area contributed by atoms with Crippen LogP contribution in [0.5, 0.6) is 0 Å². The number of nitrogens with zero attached hydrogens (tertiary/aromatic N) is 2. The molecular formula is C11H16ClN3. The Bertz CT molecular complexity index is 319. The number of aromatic nitrogens is 2. The maximum atomic E-state index is 5.77. The van der Waals surface area contributed by atoms with Gasteiger partial charge in [0.05, 0.1) is 0 Å². The summed E-state index contributed by atoms with van der Waals surface area (Å²) in [6.07, 6.45) is 7.30. The molecule has 1 aliphatic rings. The fourth-order valence-electron chi connectivity index (χ4n) is 1.64. The topological polar surface area (TPSA) is 37.8 Å². The predicted molar refractivity (Wildman–Crippen MR) is 62.3 cm³/mol. The average molecular weight is 226 g/mol. The van der Waals surface area contributed by atoms with Gasteiger partial charge in [-0.3, -0.25) is 0 Å². The molecule has 0 amide bonds. The highest BCUT2D eigenvalue weighted by Crippen LogP contribution is 2.48. The van der Waals surface area contributed by atoms with E-state index >= 15 is 0 Å². The number of anilines is 1. The number of hydrogen-bond donors (Lipinski definition) is 1. The molecule has 1 aromatic rings. The molecule has 1 aliphatic carbocycles. The lowest BCUT2D eigenvalue weighted by atomic mass is 10.0. The first-order chi connectivity index (χ1) is 7.24. The van der Waals surface area contributed by atoms with Crippen LogP contribution >= 0.6 is 11.6 Å². The Morgan fingerprint density at radius 2 is 2.07 bits per heavy atom. The molecule has 0 atom stereocenters. The number of aryl methyl sites for hydroxylation is 1. The molecule has 0 aromatic carbocycles. The highest BCUT2D eigenvalue weighted by atomic mass is 35.5. The van der Waals surface area contributed by atoms with Gasteiger partial charge in [-0.2, -0.15) is 0 Å². The van der Waals surface area contributed by atoms with Crippen molar-refractivity contribution in [3.05, 3.63) is 18.0 Å². The minimum Gasteiger partial charge on any atom is -0.354 e. The molecule has 1 fully saturated rings. The third kappa shape index (κ3) is 2.81. The van der Waals surface area contributed by atoms with E-state index in [9.17, 15) is 0 Å². The highest BCUT2D eigenvalue weighted by molar-refractivity contribution is 6.17. The molecule has 3 nitrogen and oxygen atoms in total. The van der Waals surface area contributed by atoms with Crippen molar-refractivity contribution in [3.8, 4) is 0 Å². The monoisotopic (exact) mass is 225 g/mol. The number of alkyl halides is 1. The zero-order chi connectivity index (χ0) is 10.7. The van der Waals surface area contributed by atoms with Crippen LogP contribution in [-0.4, -0.2) is 22.4 Å². The summed E-state index contributed by atoms with van der Waals surface area (Å²) in [5.74, 6) is 1.47. The van der Waals surface area contributed by atoms with Crippen LogP contribution in [-0.2, 0) is 0 Å². The standard InChI is InChI=1S/C11H16ClN3/c1-9-6-13-10(14-7-9)15-8-11(2-3-11)4-5-12/h6-7H,2-5,8H2,1H3,(H,13,14,15). The summed E-state index contributed by atoms with van der Waals surface area (Å²) in [7, 11) is 0. The van der Waals surface area contributed by atoms with E-state index in [2.05, 4.69) is 15.3 Å². The molecule has 15 heavy (non-hydrogen) atoms. The highest BCUT2D eigenvalue weighted by Gasteiger charge is 2.41. The van der Waals surface area contributed by atoms with Crippen LogP contribution in [0.2, 0.25) is 0 Å². The van der Waals surface area contributed by atoms with Gasteiger partial charge in [-0.1, -0.05) is 0 Å². The fraction of sp³-hybridized carbons (Fsp3) is 0.636. The maximum absolute atomic E-state index is 5.77. The summed E-state index contributed by atoms with van der Waals surface area (Å²) in [5.41, 5.74) is 1.51. The molecule has 1 aromatic heterocycles. The Labute approximate surface area is 95.3 Å². The van der Waals surface area contributed by atoms with Gasteiger partial charge in [-0.25, -0.2) is 9.97 Å². The van der Waals surface area contributed by atoms with Crippen LogP contribution in [0.15, 0.2) is 12.4 Å². The predicted octanol–water partition coefficient (Wildman–Crippen LogP) is 2.61. The van der Waals surface area contributed by atoms with E-state index in [4.69, 9.17) is 11.6 Å². The van der Waals surface area contributed by atoms with E-state index in [1.165, 1.54) is 12.8 Å². The van der Waals surface area contributed by atoms with Gasteiger partial charge in [-0.15, -0.1) is 11.6 Å². The summed E-state index contributed by atoms with van der Waals surface area (Å²) in [5, 5.41) is 3.28. The molecule has 0 bridgehead atoms. The zero-order valence-corrected chi connectivity index (χ0v) is 9.72.